The molecule has 0 atom stereocenters. The van der Waals surface area contributed by atoms with Gasteiger partial charge in [0, 0.05) is 5.69 Å². The first kappa shape index (κ1) is 12.4. The summed E-state index contributed by atoms with van der Waals surface area (Å²) in [4.78, 5) is 11.7. The van der Waals surface area contributed by atoms with Crippen LogP contribution in [0.15, 0.2) is 6.07 Å². The van der Waals surface area contributed by atoms with Crippen LogP contribution in [0.3, 0.4) is 0 Å². The zero-order valence-electron chi connectivity index (χ0n) is 12.3. The molecular weight excluding hydrogens is 252 g/mol. The monoisotopic (exact) mass is 274 g/mol. The number of hydrogen-bond acceptors (Lipinski definition) is 3. The van der Waals surface area contributed by atoms with Crippen molar-refractivity contribution in [1.29, 1.82) is 0 Å². The van der Waals surface area contributed by atoms with E-state index in [0.717, 1.165) is 23.4 Å². The van der Waals surface area contributed by atoms with Gasteiger partial charge in [-0.1, -0.05) is 0 Å². The Hall–Kier alpha value is -1.32. The van der Waals surface area contributed by atoms with Gasteiger partial charge in [-0.2, -0.15) is 5.10 Å². The molecule has 1 heterocycles. The third-order valence-corrected chi connectivity index (χ3v) is 5.74. The van der Waals surface area contributed by atoms with Crippen LogP contribution in [-0.4, -0.2) is 22.9 Å². The van der Waals surface area contributed by atoms with Crippen LogP contribution in [0.25, 0.3) is 0 Å². The van der Waals surface area contributed by atoms with E-state index in [1.54, 1.807) is 0 Å². The summed E-state index contributed by atoms with van der Waals surface area (Å²) in [5.41, 5.74) is 1.75. The van der Waals surface area contributed by atoms with Crippen LogP contribution < -0.4 is 0 Å². The van der Waals surface area contributed by atoms with E-state index in [0.29, 0.717) is 5.69 Å². The lowest BCUT2D eigenvalue weighted by molar-refractivity contribution is -0.0505. The molecule has 0 aliphatic heterocycles. The Morgan fingerprint density at radius 1 is 1.25 bits per heavy atom. The molecule has 0 aromatic carbocycles. The minimum Gasteiger partial charge on any atom is -0.464 e. The van der Waals surface area contributed by atoms with E-state index in [1.165, 1.54) is 45.6 Å². The Morgan fingerprint density at radius 3 is 2.30 bits per heavy atom. The molecule has 0 radical (unpaired) electrons. The smallest absolute Gasteiger partial charge is 0.358 e. The Balaban J connectivity index is 1.73. The van der Waals surface area contributed by atoms with Crippen molar-refractivity contribution < 1.29 is 9.53 Å². The molecule has 4 heteroatoms. The van der Waals surface area contributed by atoms with Crippen molar-refractivity contribution >= 4 is 5.97 Å². The van der Waals surface area contributed by atoms with Gasteiger partial charge in [-0.15, -0.1) is 0 Å². The maximum atomic E-state index is 11.7. The molecule has 4 bridgehead atoms. The zero-order chi connectivity index (χ0) is 13.9. The second-order valence-corrected chi connectivity index (χ2v) is 7.22. The van der Waals surface area contributed by atoms with Crippen LogP contribution in [0.2, 0.25) is 0 Å². The van der Waals surface area contributed by atoms with Crippen LogP contribution in [-0.2, 0) is 10.3 Å². The van der Waals surface area contributed by atoms with E-state index in [-0.39, 0.29) is 11.5 Å². The first-order valence-electron chi connectivity index (χ1n) is 7.75. The van der Waals surface area contributed by atoms with Crippen molar-refractivity contribution in [3.63, 3.8) is 0 Å². The maximum absolute atomic E-state index is 11.7. The van der Waals surface area contributed by atoms with E-state index >= 15 is 0 Å². The highest BCUT2D eigenvalue weighted by molar-refractivity contribution is 5.87. The van der Waals surface area contributed by atoms with Gasteiger partial charge >= 0.3 is 5.97 Å². The number of aromatic nitrogens is 2. The van der Waals surface area contributed by atoms with Crippen molar-refractivity contribution in [2.24, 2.45) is 17.8 Å². The zero-order valence-corrected chi connectivity index (χ0v) is 12.3. The minimum atomic E-state index is -0.323. The molecule has 4 aliphatic rings. The highest BCUT2D eigenvalue weighted by Crippen LogP contribution is 2.58. The molecule has 20 heavy (non-hydrogen) atoms. The van der Waals surface area contributed by atoms with Crippen molar-refractivity contribution in [2.45, 2.75) is 51.0 Å². The van der Waals surface area contributed by atoms with Crippen molar-refractivity contribution in [1.82, 2.24) is 9.78 Å². The summed E-state index contributed by atoms with van der Waals surface area (Å²) in [7, 11) is 1.42. The summed E-state index contributed by atoms with van der Waals surface area (Å²) in [6, 6.07) is 1.88. The number of hydrogen-bond donors (Lipinski definition) is 0. The molecule has 1 aromatic heterocycles. The number of ether oxygens (including phenoxy) is 1. The number of aryl methyl sites for hydroxylation is 1. The Bertz CT molecular complexity index is 526. The van der Waals surface area contributed by atoms with E-state index < -0.39 is 0 Å². The maximum Gasteiger partial charge on any atom is 0.358 e. The summed E-state index contributed by atoms with van der Waals surface area (Å²) in [5, 5.41) is 4.61. The highest BCUT2D eigenvalue weighted by Gasteiger charge is 2.52. The van der Waals surface area contributed by atoms with Gasteiger partial charge < -0.3 is 4.74 Å². The lowest BCUT2D eigenvalue weighted by atomic mass is 9.53. The van der Waals surface area contributed by atoms with E-state index in [2.05, 4.69) is 16.7 Å². The highest BCUT2D eigenvalue weighted by atomic mass is 16.5. The number of carbonyl (C=O) groups is 1. The first-order valence-corrected chi connectivity index (χ1v) is 7.75. The summed E-state index contributed by atoms with van der Waals surface area (Å²) in [6.45, 7) is 2.07. The predicted octanol–water partition coefficient (Wildman–Crippen LogP) is 2.90. The van der Waals surface area contributed by atoms with Gasteiger partial charge in [-0.3, -0.25) is 4.68 Å². The molecule has 5 rings (SSSR count). The minimum absolute atomic E-state index is 0.186. The van der Waals surface area contributed by atoms with Gasteiger partial charge in [0.05, 0.1) is 12.6 Å². The number of nitrogens with zero attached hydrogens (tertiary/aromatic N) is 2. The molecule has 0 saturated heterocycles. The number of esters is 1. The van der Waals surface area contributed by atoms with E-state index in [4.69, 9.17) is 4.74 Å². The molecule has 1 aromatic rings. The topological polar surface area (TPSA) is 44.1 Å². The van der Waals surface area contributed by atoms with Crippen LogP contribution in [0.1, 0.15) is 54.7 Å². The summed E-state index contributed by atoms with van der Waals surface area (Å²) in [6.07, 6.45) is 8.02. The molecule has 108 valence electrons. The molecule has 4 fully saturated rings. The average Bonchev–Trinajstić information content (AvgIpc) is 2.79. The average molecular weight is 274 g/mol. The lowest BCUT2D eigenvalue weighted by Gasteiger charge is -2.56. The Kier molecular flexibility index (Phi) is 2.54. The van der Waals surface area contributed by atoms with Gasteiger partial charge in [0.1, 0.15) is 0 Å². The van der Waals surface area contributed by atoms with Gasteiger partial charge in [0.15, 0.2) is 5.69 Å². The number of rotatable bonds is 2. The van der Waals surface area contributed by atoms with E-state index in [9.17, 15) is 4.79 Å². The van der Waals surface area contributed by atoms with Crippen LogP contribution in [0, 0.1) is 24.7 Å². The second-order valence-electron chi connectivity index (χ2n) is 7.22. The Labute approximate surface area is 119 Å². The summed E-state index contributed by atoms with van der Waals surface area (Å²) < 4.78 is 6.98. The fraction of sp³-hybridized carbons (Fsp3) is 0.750. The fourth-order valence-electron chi connectivity index (χ4n) is 5.48. The molecule has 4 aliphatic carbocycles. The quantitative estimate of drug-likeness (QED) is 0.779. The molecule has 4 saturated carbocycles. The molecule has 0 amide bonds. The fourth-order valence-corrected chi connectivity index (χ4v) is 5.48. The van der Waals surface area contributed by atoms with Crippen LogP contribution >= 0.6 is 0 Å². The van der Waals surface area contributed by atoms with Gasteiger partial charge in [-0.05, 0) is 69.3 Å². The van der Waals surface area contributed by atoms with Gasteiger partial charge in [0.25, 0.3) is 0 Å². The van der Waals surface area contributed by atoms with Gasteiger partial charge in [0.2, 0.25) is 0 Å². The third-order valence-electron chi connectivity index (χ3n) is 5.74. The SMILES string of the molecule is COC(=O)c1cc(C)n(C23CC4CC(CC(C4)C2)C3)n1. The molecule has 0 unspecified atom stereocenters. The largest absolute Gasteiger partial charge is 0.464 e. The third kappa shape index (κ3) is 1.66. The lowest BCUT2D eigenvalue weighted by Crippen LogP contribution is -2.52. The predicted molar refractivity (Wildman–Crippen MR) is 74.4 cm³/mol. The normalized spacial score (nSPS) is 38.2. The van der Waals surface area contributed by atoms with Gasteiger partial charge in [-0.25, -0.2) is 4.79 Å². The number of methoxy groups -OCH3 is 1. The molecular formula is C16H22N2O2. The molecule has 0 spiro atoms. The molecule has 4 nitrogen and oxygen atoms in total. The van der Waals surface area contributed by atoms with Crippen molar-refractivity contribution in [3.05, 3.63) is 17.5 Å². The standard InChI is InChI=1S/C16H22N2O2/c1-10-3-14(15(19)20-2)17-18(10)16-7-11-4-12(8-16)6-13(5-11)9-16/h3,11-13H,4-9H2,1-2H3. The second kappa shape index (κ2) is 4.09. The molecule has 0 N–H and O–H groups in total. The first-order chi connectivity index (χ1) is 9.59. The van der Waals surface area contributed by atoms with Crippen LogP contribution in [0.5, 0.6) is 0 Å². The Morgan fingerprint density at radius 2 is 1.80 bits per heavy atom. The summed E-state index contributed by atoms with van der Waals surface area (Å²) >= 11 is 0. The van der Waals surface area contributed by atoms with Crippen molar-refractivity contribution in [3.8, 4) is 0 Å². The summed E-state index contributed by atoms with van der Waals surface area (Å²) in [5.74, 6) is 2.32. The van der Waals surface area contributed by atoms with Crippen LogP contribution in [0.4, 0.5) is 0 Å². The number of carbonyl (C=O) groups excluding carboxylic acids is 1. The van der Waals surface area contributed by atoms with Crippen molar-refractivity contribution in [2.75, 3.05) is 7.11 Å². The van der Waals surface area contributed by atoms with E-state index in [1.807, 2.05) is 6.07 Å².